The average molecular weight is 250 g/mol. The highest BCUT2D eigenvalue weighted by Crippen LogP contribution is 2.10. The van der Waals surface area contributed by atoms with Crippen molar-refractivity contribution in [3.05, 3.63) is 18.5 Å². The van der Waals surface area contributed by atoms with E-state index in [1.807, 2.05) is 4.90 Å². The van der Waals surface area contributed by atoms with E-state index in [2.05, 4.69) is 14.9 Å². The Labute approximate surface area is 107 Å². The zero-order valence-corrected chi connectivity index (χ0v) is 10.7. The van der Waals surface area contributed by atoms with E-state index in [-0.39, 0.29) is 12.0 Å². The molecule has 1 saturated heterocycles. The standard InChI is InChI=1S/C12H18N4O2/c1-10(18-2)11(17)15-6-8-16(9-7-15)12-13-4-3-5-14-12/h3-5,10H,6-9H2,1-2H3. The summed E-state index contributed by atoms with van der Waals surface area (Å²) in [6.07, 6.45) is 3.09. The third-order valence-corrected chi connectivity index (χ3v) is 3.13. The molecule has 1 fully saturated rings. The molecular weight excluding hydrogens is 232 g/mol. The molecule has 18 heavy (non-hydrogen) atoms. The van der Waals surface area contributed by atoms with E-state index in [9.17, 15) is 4.79 Å². The lowest BCUT2D eigenvalue weighted by Crippen LogP contribution is -2.51. The first-order valence-corrected chi connectivity index (χ1v) is 6.06. The highest BCUT2D eigenvalue weighted by molar-refractivity contribution is 5.80. The maximum atomic E-state index is 11.9. The summed E-state index contributed by atoms with van der Waals surface area (Å²) in [5.41, 5.74) is 0. The molecule has 1 atom stereocenters. The van der Waals surface area contributed by atoms with Crippen molar-refractivity contribution in [1.82, 2.24) is 14.9 Å². The zero-order chi connectivity index (χ0) is 13.0. The number of rotatable bonds is 3. The van der Waals surface area contributed by atoms with Gasteiger partial charge in [-0.1, -0.05) is 0 Å². The Hall–Kier alpha value is -1.69. The average Bonchev–Trinajstić information content (AvgIpc) is 2.47. The van der Waals surface area contributed by atoms with Crippen LogP contribution in [0.4, 0.5) is 5.95 Å². The van der Waals surface area contributed by atoms with Gasteiger partial charge in [0.1, 0.15) is 6.10 Å². The van der Waals surface area contributed by atoms with E-state index < -0.39 is 0 Å². The summed E-state index contributed by atoms with van der Waals surface area (Å²) in [6, 6.07) is 1.80. The molecule has 0 bridgehead atoms. The number of methoxy groups -OCH3 is 1. The minimum absolute atomic E-state index is 0.0473. The Bertz CT molecular complexity index is 390. The van der Waals surface area contributed by atoms with Crippen molar-refractivity contribution in [2.45, 2.75) is 13.0 Å². The first-order chi connectivity index (χ1) is 8.72. The normalized spacial score (nSPS) is 17.7. The molecule has 6 heteroatoms. The molecule has 0 aromatic carbocycles. The van der Waals surface area contributed by atoms with Crippen LogP contribution in [0.25, 0.3) is 0 Å². The van der Waals surface area contributed by atoms with E-state index in [0.717, 1.165) is 19.0 Å². The van der Waals surface area contributed by atoms with Gasteiger partial charge in [0.25, 0.3) is 5.91 Å². The lowest BCUT2D eigenvalue weighted by Gasteiger charge is -2.35. The van der Waals surface area contributed by atoms with Gasteiger partial charge in [-0.15, -0.1) is 0 Å². The number of nitrogens with zero attached hydrogens (tertiary/aromatic N) is 4. The third-order valence-electron chi connectivity index (χ3n) is 3.13. The van der Waals surface area contributed by atoms with Gasteiger partial charge in [0.2, 0.25) is 5.95 Å². The van der Waals surface area contributed by atoms with E-state index in [1.54, 1.807) is 32.5 Å². The van der Waals surface area contributed by atoms with Crippen molar-refractivity contribution in [2.24, 2.45) is 0 Å². The number of amides is 1. The predicted molar refractivity (Wildman–Crippen MR) is 67.3 cm³/mol. The minimum Gasteiger partial charge on any atom is -0.372 e. The molecular formula is C12H18N4O2. The fraction of sp³-hybridized carbons (Fsp3) is 0.583. The van der Waals surface area contributed by atoms with Crippen molar-refractivity contribution >= 4 is 11.9 Å². The minimum atomic E-state index is -0.371. The fourth-order valence-corrected chi connectivity index (χ4v) is 1.94. The molecule has 0 radical (unpaired) electrons. The van der Waals surface area contributed by atoms with Gasteiger partial charge >= 0.3 is 0 Å². The van der Waals surface area contributed by atoms with Crippen LogP contribution in [0.15, 0.2) is 18.5 Å². The molecule has 0 aliphatic carbocycles. The zero-order valence-electron chi connectivity index (χ0n) is 10.7. The first kappa shape index (κ1) is 12.8. The Morgan fingerprint density at radius 1 is 1.28 bits per heavy atom. The molecule has 0 spiro atoms. The highest BCUT2D eigenvalue weighted by atomic mass is 16.5. The Balaban J connectivity index is 1.90. The van der Waals surface area contributed by atoms with Gasteiger partial charge in [-0.05, 0) is 13.0 Å². The maximum Gasteiger partial charge on any atom is 0.251 e. The highest BCUT2D eigenvalue weighted by Gasteiger charge is 2.25. The molecule has 0 saturated carbocycles. The molecule has 1 unspecified atom stereocenters. The van der Waals surface area contributed by atoms with Gasteiger partial charge in [-0.2, -0.15) is 0 Å². The number of carbonyl (C=O) groups is 1. The summed E-state index contributed by atoms with van der Waals surface area (Å²) in [5, 5.41) is 0. The van der Waals surface area contributed by atoms with Crippen LogP contribution < -0.4 is 4.90 Å². The van der Waals surface area contributed by atoms with Crippen molar-refractivity contribution in [3.63, 3.8) is 0 Å². The number of piperazine rings is 1. The van der Waals surface area contributed by atoms with E-state index in [4.69, 9.17) is 4.74 Å². The molecule has 1 aromatic rings. The summed E-state index contributed by atoms with van der Waals surface area (Å²) in [6.45, 7) is 4.66. The summed E-state index contributed by atoms with van der Waals surface area (Å²) in [7, 11) is 1.55. The molecule has 0 N–H and O–H groups in total. The fourth-order valence-electron chi connectivity index (χ4n) is 1.94. The van der Waals surface area contributed by atoms with Crippen LogP contribution in [0.1, 0.15) is 6.92 Å². The van der Waals surface area contributed by atoms with Crippen molar-refractivity contribution in [3.8, 4) is 0 Å². The maximum absolute atomic E-state index is 11.9. The quantitative estimate of drug-likeness (QED) is 0.765. The van der Waals surface area contributed by atoms with Crippen LogP contribution in [0.5, 0.6) is 0 Å². The van der Waals surface area contributed by atoms with Gasteiger partial charge in [0.05, 0.1) is 0 Å². The molecule has 6 nitrogen and oxygen atoms in total. The molecule has 1 amide bonds. The Kier molecular flexibility index (Phi) is 4.09. The van der Waals surface area contributed by atoms with Gasteiger partial charge < -0.3 is 14.5 Å². The topological polar surface area (TPSA) is 58.6 Å². The van der Waals surface area contributed by atoms with Gasteiger partial charge in [0, 0.05) is 45.7 Å². The van der Waals surface area contributed by atoms with Crippen LogP contribution in [0.3, 0.4) is 0 Å². The lowest BCUT2D eigenvalue weighted by atomic mass is 10.2. The number of hydrogen-bond donors (Lipinski definition) is 0. The summed E-state index contributed by atoms with van der Waals surface area (Å²) < 4.78 is 5.05. The second-order valence-corrected chi connectivity index (χ2v) is 4.24. The van der Waals surface area contributed by atoms with Crippen molar-refractivity contribution in [2.75, 3.05) is 38.2 Å². The molecule has 1 aliphatic heterocycles. The van der Waals surface area contributed by atoms with Crippen LogP contribution in [0.2, 0.25) is 0 Å². The largest absolute Gasteiger partial charge is 0.372 e. The SMILES string of the molecule is COC(C)C(=O)N1CCN(c2ncccn2)CC1. The predicted octanol–water partition coefficient (Wildman–Crippen LogP) is 0.160. The van der Waals surface area contributed by atoms with E-state index in [0.29, 0.717) is 13.1 Å². The Morgan fingerprint density at radius 2 is 1.89 bits per heavy atom. The number of carbonyl (C=O) groups excluding carboxylic acids is 1. The monoisotopic (exact) mass is 250 g/mol. The van der Waals surface area contributed by atoms with Crippen molar-refractivity contribution in [1.29, 1.82) is 0 Å². The molecule has 1 aliphatic rings. The van der Waals surface area contributed by atoms with E-state index in [1.165, 1.54) is 0 Å². The number of aromatic nitrogens is 2. The van der Waals surface area contributed by atoms with Gasteiger partial charge in [-0.3, -0.25) is 4.79 Å². The van der Waals surface area contributed by atoms with Gasteiger partial charge in [-0.25, -0.2) is 9.97 Å². The number of ether oxygens (including phenoxy) is 1. The van der Waals surface area contributed by atoms with Crippen molar-refractivity contribution < 1.29 is 9.53 Å². The Morgan fingerprint density at radius 3 is 2.44 bits per heavy atom. The van der Waals surface area contributed by atoms with E-state index >= 15 is 0 Å². The molecule has 2 heterocycles. The van der Waals surface area contributed by atoms with Gasteiger partial charge in [0.15, 0.2) is 0 Å². The number of anilines is 1. The van der Waals surface area contributed by atoms with Crippen LogP contribution in [-0.2, 0) is 9.53 Å². The first-order valence-electron chi connectivity index (χ1n) is 6.06. The summed E-state index contributed by atoms with van der Waals surface area (Å²) >= 11 is 0. The summed E-state index contributed by atoms with van der Waals surface area (Å²) in [5.74, 6) is 0.774. The lowest BCUT2D eigenvalue weighted by molar-refractivity contribution is -0.141. The second kappa shape index (κ2) is 5.77. The molecule has 1 aromatic heterocycles. The summed E-state index contributed by atoms with van der Waals surface area (Å²) in [4.78, 5) is 24.3. The third kappa shape index (κ3) is 2.76. The van der Waals surface area contributed by atoms with Crippen LogP contribution in [0, 0.1) is 0 Å². The smallest absolute Gasteiger partial charge is 0.251 e. The molecule has 98 valence electrons. The molecule has 2 rings (SSSR count). The second-order valence-electron chi connectivity index (χ2n) is 4.24. The number of hydrogen-bond acceptors (Lipinski definition) is 5. The van der Waals surface area contributed by atoms with Crippen LogP contribution in [-0.4, -0.2) is 60.2 Å². The van der Waals surface area contributed by atoms with Crippen LogP contribution >= 0.6 is 0 Å².